The van der Waals surface area contributed by atoms with E-state index in [9.17, 15) is 9.59 Å². The minimum atomic E-state index is -1.13. The zero-order valence-electron chi connectivity index (χ0n) is 12.7. The molecule has 0 unspecified atom stereocenters. The van der Waals surface area contributed by atoms with Crippen LogP contribution in [-0.4, -0.2) is 28.5 Å². The molecule has 1 amide bonds. The lowest BCUT2D eigenvalue weighted by atomic mass is 9.85. The molecule has 0 spiro atoms. The number of para-hydroxylation sites is 1. The van der Waals surface area contributed by atoms with Gasteiger partial charge in [0.15, 0.2) is 0 Å². The molecule has 0 atom stereocenters. The molecule has 1 aliphatic carbocycles. The number of aromatic nitrogens is 1. The van der Waals surface area contributed by atoms with Gasteiger partial charge in [0, 0.05) is 24.0 Å². The van der Waals surface area contributed by atoms with Crippen LogP contribution < -0.4 is 4.90 Å². The third-order valence-corrected chi connectivity index (χ3v) is 4.20. The lowest BCUT2D eigenvalue weighted by Crippen LogP contribution is -2.37. The van der Waals surface area contributed by atoms with E-state index in [0.29, 0.717) is 18.0 Å². The Morgan fingerprint density at radius 1 is 1.17 bits per heavy atom. The summed E-state index contributed by atoms with van der Waals surface area (Å²) in [6, 6.07) is 12.4. The van der Waals surface area contributed by atoms with Crippen LogP contribution in [0.15, 0.2) is 48.7 Å². The van der Waals surface area contributed by atoms with Gasteiger partial charge in [-0.1, -0.05) is 24.6 Å². The van der Waals surface area contributed by atoms with Crippen LogP contribution in [0.3, 0.4) is 0 Å². The van der Waals surface area contributed by atoms with Gasteiger partial charge < -0.3 is 10.0 Å². The van der Waals surface area contributed by atoms with E-state index in [1.54, 1.807) is 11.0 Å². The summed E-state index contributed by atoms with van der Waals surface area (Å²) in [5, 5.41) is 9.05. The van der Waals surface area contributed by atoms with Crippen molar-refractivity contribution in [2.75, 3.05) is 11.4 Å². The fraction of sp³-hybridized carbons (Fsp3) is 0.278. The van der Waals surface area contributed by atoms with Crippen LogP contribution in [0.4, 0.5) is 5.69 Å². The summed E-state index contributed by atoms with van der Waals surface area (Å²) < 4.78 is 0. The van der Waals surface area contributed by atoms with Crippen LogP contribution in [0.5, 0.6) is 0 Å². The Morgan fingerprint density at radius 3 is 2.52 bits per heavy atom. The first-order valence-corrected chi connectivity index (χ1v) is 7.71. The van der Waals surface area contributed by atoms with E-state index >= 15 is 0 Å². The lowest BCUT2D eigenvalue weighted by molar-refractivity contribution is 0.0690. The third kappa shape index (κ3) is 3.39. The Balaban J connectivity index is 1.90. The number of anilines is 1. The quantitative estimate of drug-likeness (QED) is 0.920. The maximum absolute atomic E-state index is 12.9. The van der Waals surface area contributed by atoms with Crippen molar-refractivity contribution < 1.29 is 14.7 Å². The molecule has 1 fully saturated rings. The SMILES string of the molecule is O=C(O)c1cc(C(=O)N(CC2CCC2)c2ccccc2)ccn1. The normalized spacial score (nSPS) is 14.1. The van der Waals surface area contributed by atoms with Gasteiger partial charge in [0.25, 0.3) is 5.91 Å². The number of rotatable bonds is 5. The average molecular weight is 310 g/mol. The lowest BCUT2D eigenvalue weighted by Gasteiger charge is -2.32. The molecule has 5 nitrogen and oxygen atoms in total. The third-order valence-electron chi connectivity index (χ3n) is 4.20. The number of pyridine rings is 1. The van der Waals surface area contributed by atoms with Crippen LogP contribution >= 0.6 is 0 Å². The second-order valence-corrected chi connectivity index (χ2v) is 5.78. The van der Waals surface area contributed by atoms with Crippen LogP contribution in [0.25, 0.3) is 0 Å². The minimum Gasteiger partial charge on any atom is -0.477 e. The topological polar surface area (TPSA) is 70.5 Å². The molecule has 2 aromatic rings. The minimum absolute atomic E-state index is 0.118. The molecular weight excluding hydrogens is 292 g/mol. The van der Waals surface area contributed by atoms with Crippen LogP contribution in [-0.2, 0) is 0 Å². The summed E-state index contributed by atoms with van der Waals surface area (Å²) in [4.78, 5) is 29.5. The fourth-order valence-corrected chi connectivity index (χ4v) is 2.68. The predicted octanol–water partition coefficient (Wildman–Crippen LogP) is 3.23. The maximum atomic E-state index is 12.9. The number of amides is 1. The number of carboxylic acids is 1. The first-order chi connectivity index (χ1) is 11.1. The molecule has 1 aromatic carbocycles. The van der Waals surface area contributed by atoms with Crippen molar-refractivity contribution in [3.63, 3.8) is 0 Å². The van der Waals surface area contributed by atoms with Crippen LogP contribution in [0.1, 0.15) is 40.1 Å². The van der Waals surface area contributed by atoms with Gasteiger partial charge >= 0.3 is 5.97 Å². The Labute approximate surface area is 134 Å². The second-order valence-electron chi connectivity index (χ2n) is 5.78. The first-order valence-electron chi connectivity index (χ1n) is 7.71. The van der Waals surface area contributed by atoms with Crippen LogP contribution in [0, 0.1) is 5.92 Å². The van der Waals surface area contributed by atoms with E-state index in [0.717, 1.165) is 18.5 Å². The molecule has 1 saturated carbocycles. The smallest absolute Gasteiger partial charge is 0.354 e. The highest BCUT2D eigenvalue weighted by Gasteiger charge is 2.26. The van der Waals surface area contributed by atoms with Crippen molar-refractivity contribution in [2.45, 2.75) is 19.3 Å². The Bertz CT molecular complexity index is 711. The fourth-order valence-electron chi connectivity index (χ4n) is 2.68. The van der Waals surface area contributed by atoms with E-state index in [2.05, 4.69) is 4.98 Å². The molecule has 5 heteroatoms. The summed E-state index contributed by atoms with van der Waals surface area (Å²) in [5.74, 6) is -0.808. The summed E-state index contributed by atoms with van der Waals surface area (Å²) in [5.41, 5.74) is 1.06. The molecule has 1 aliphatic rings. The number of carboxylic acid groups (broad SMARTS) is 1. The van der Waals surface area contributed by atoms with E-state index in [4.69, 9.17) is 5.11 Å². The number of benzene rings is 1. The van der Waals surface area contributed by atoms with Crippen molar-refractivity contribution in [3.8, 4) is 0 Å². The molecule has 0 bridgehead atoms. The number of carbonyl (C=O) groups is 2. The molecule has 118 valence electrons. The number of hydrogen-bond acceptors (Lipinski definition) is 3. The van der Waals surface area contributed by atoms with Gasteiger partial charge in [-0.25, -0.2) is 9.78 Å². The van der Waals surface area contributed by atoms with Crippen molar-refractivity contribution >= 4 is 17.6 Å². The number of hydrogen-bond donors (Lipinski definition) is 1. The molecule has 0 radical (unpaired) electrons. The number of aromatic carboxylic acids is 1. The number of carbonyl (C=O) groups excluding carboxylic acids is 1. The summed E-state index contributed by atoms with van der Waals surface area (Å²) in [6.45, 7) is 0.660. The molecule has 1 N–H and O–H groups in total. The highest BCUT2D eigenvalue weighted by molar-refractivity contribution is 6.06. The zero-order chi connectivity index (χ0) is 16.2. The largest absolute Gasteiger partial charge is 0.477 e. The predicted molar refractivity (Wildman–Crippen MR) is 86.7 cm³/mol. The highest BCUT2D eigenvalue weighted by atomic mass is 16.4. The summed E-state index contributed by atoms with van der Waals surface area (Å²) in [7, 11) is 0. The molecule has 0 saturated heterocycles. The van der Waals surface area contributed by atoms with Crippen LogP contribution in [0.2, 0.25) is 0 Å². The van der Waals surface area contributed by atoms with Gasteiger partial charge in [-0.2, -0.15) is 0 Å². The Kier molecular flexibility index (Phi) is 4.37. The molecule has 3 rings (SSSR count). The monoisotopic (exact) mass is 310 g/mol. The molecule has 1 heterocycles. The van der Waals surface area contributed by atoms with Gasteiger partial charge in [-0.3, -0.25) is 4.79 Å². The van der Waals surface area contributed by atoms with Gasteiger partial charge in [0.05, 0.1) is 0 Å². The van der Waals surface area contributed by atoms with Gasteiger partial charge in [0.1, 0.15) is 5.69 Å². The van der Waals surface area contributed by atoms with Crippen molar-refractivity contribution in [1.82, 2.24) is 4.98 Å². The molecule has 1 aromatic heterocycles. The first kappa shape index (κ1) is 15.2. The van der Waals surface area contributed by atoms with Crippen molar-refractivity contribution in [3.05, 3.63) is 59.9 Å². The molecule has 23 heavy (non-hydrogen) atoms. The summed E-state index contributed by atoms with van der Waals surface area (Å²) >= 11 is 0. The standard InChI is InChI=1S/C18H18N2O3/c21-17(14-9-10-19-16(11-14)18(22)23)20(12-13-5-4-6-13)15-7-2-1-3-8-15/h1-3,7-11,13H,4-6,12H2,(H,22,23). The maximum Gasteiger partial charge on any atom is 0.354 e. The van der Waals surface area contributed by atoms with Gasteiger partial charge in [0.2, 0.25) is 0 Å². The van der Waals surface area contributed by atoms with E-state index in [1.165, 1.54) is 18.7 Å². The van der Waals surface area contributed by atoms with Gasteiger partial charge in [-0.05, 0) is 43.0 Å². The highest BCUT2D eigenvalue weighted by Crippen LogP contribution is 2.29. The van der Waals surface area contributed by atoms with E-state index in [1.807, 2.05) is 30.3 Å². The second kappa shape index (κ2) is 6.60. The summed E-state index contributed by atoms with van der Waals surface area (Å²) in [6.07, 6.45) is 4.84. The number of nitrogens with zero attached hydrogens (tertiary/aromatic N) is 2. The Hall–Kier alpha value is -2.69. The molecular formula is C18H18N2O3. The van der Waals surface area contributed by atoms with E-state index < -0.39 is 5.97 Å². The average Bonchev–Trinajstić information content (AvgIpc) is 2.54. The van der Waals surface area contributed by atoms with Gasteiger partial charge in [-0.15, -0.1) is 0 Å². The van der Waals surface area contributed by atoms with Crippen molar-refractivity contribution in [1.29, 1.82) is 0 Å². The molecule has 0 aliphatic heterocycles. The van der Waals surface area contributed by atoms with E-state index in [-0.39, 0.29) is 11.6 Å². The van der Waals surface area contributed by atoms with Crippen molar-refractivity contribution in [2.24, 2.45) is 5.92 Å². The zero-order valence-corrected chi connectivity index (χ0v) is 12.7. The Morgan fingerprint density at radius 2 is 1.91 bits per heavy atom.